The predicted molar refractivity (Wildman–Crippen MR) is 138 cm³/mol. The molecule has 2 aromatic carbocycles. The molecule has 40 heavy (non-hydrogen) atoms. The molecule has 3 N–H and O–H groups in total. The van der Waals surface area contributed by atoms with Crippen molar-refractivity contribution in [3.63, 3.8) is 0 Å². The first-order valence-electron chi connectivity index (χ1n) is 12.7. The number of alkyl halides is 3. The summed E-state index contributed by atoms with van der Waals surface area (Å²) in [4.78, 5) is 26.1. The molecule has 1 aliphatic heterocycles. The molecular weight excluding hydrogens is 555 g/mol. The number of rotatable bonds is 12. The third kappa shape index (κ3) is 8.32. The van der Waals surface area contributed by atoms with Crippen molar-refractivity contribution in [2.75, 3.05) is 32.8 Å². The van der Waals surface area contributed by atoms with Gasteiger partial charge in [0.15, 0.2) is 0 Å². The molecule has 2 amide bonds. The van der Waals surface area contributed by atoms with Gasteiger partial charge in [-0.25, -0.2) is 8.42 Å². The minimum absolute atomic E-state index is 0.00575. The summed E-state index contributed by atoms with van der Waals surface area (Å²) in [6.07, 6.45) is -5.36. The fourth-order valence-corrected chi connectivity index (χ4v) is 5.83. The van der Waals surface area contributed by atoms with Gasteiger partial charge in [-0.1, -0.05) is 12.1 Å². The first-order chi connectivity index (χ1) is 18.8. The van der Waals surface area contributed by atoms with E-state index in [9.17, 15) is 36.3 Å². The zero-order valence-corrected chi connectivity index (χ0v) is 22.7. The lowest BCUT2D eigenvalue weighted by atomic mass is 9.92. The van der Waals surface area contributed by atoms with Crippen molar-refractivity contribution < 1.29 is 45.8 Å². The molecule has 220 valence electrons. The van der Waals surface area contributed by atoms with E-state index in [0.29, 0.717) is 19.4 Å². The summed E-state index contributed by atoms with van der Waals surface area (Å²) in [6, 6.07) is 11.3. The molecule has 0 bridgehead atoms. The number of hydrogen-bond donors (Lipinski definition) is 2. The zero-order chi connectivity index (χ0) is 29.5. The van der Waals surface area contributed by atoms with Crippen molar-refractivity contribution in [3.05, 3.63) is 54.1 Å². The van der Waals surface area contributed by atoms with Crippen LogP contribution >= 0.6 is 0 Å². The Labute approximate surface area is 230 Å². The molecule has 3 rings (SSSR count). The minimum Gasteiger partial charge on any atom is -0.494 e. The monoisotopic (exact) mass is 587 g/mol. The Bertz CT molecular complexity index is 1250. The lowest BCUT2D eigenvalue weighted by Gasteiger charge is -2.36. The third-order valence-corrected chi connectivity index (χ3v) is 8.36. The van der Waals surface area contributed by atoms with Crippen LogP contribution in [0.15, 0.2) is 53.4 Å². The largest absolute Gasteiger partial charge is 0.573 e. The molecule has 14 heteroatoms. The number of nitrogens with two attached hydrogens (primary N) is 1. The van der Waals surface area contributed by atoms with E-state index in [1.807, 2.05) is 31.2 Å². The average Bonchev–Trinajstić information content (AvgIpc) is 2.91. The first kappa shape index (κ1) is 31.2. The number of aryl methyl sites for hydroxylation is 1. The van der Waals surface area contributed by atoms with Crippen LogP contribution in [-0.4, -0.2) is 79.8 Å². The number of sulfonamides is 1. The number of aliphatic hydroxyl groups is 1. The number of piperazine rings is 1. The highest BCUT2D eigenvalue weighted by Crippen LogP contribution is 2.26. The Morgan fingerprint density at radius 1 is 1.00 bits per heavy atom. The topological polar surface area (TPSA) is 139 Å². The van der Waals surface area contributed by atoms with Gasteiger partial charge in [0, 0.05) is 26.2 Å². The SMILES string of the molecule is CCOc1ccc(CCC[C@@H](C(=O)N2CCN(S(=O)(=O)c3ccc(OC(F)(F)F)cc3)CC2)[C@H](O)C(N)=O)cc1. The van der Waals surface area contributed by atoms with E-state index in [4.69, 9.17) is 10.5 Å². The number of primary amides is 1. The first-order valence-corrected chi connectivity index (χ1v) is 14.1. The summed E-state index contributed by atoms with van der Waals surface area (Å²) >= 11 is 0. The smallest absolute Gasteiger partial charge is 0.494 e. The van der Waals surface area contributed by atoms with Crippen LogP contribution in [0.25, 0.3) is 0 Å². The maximum Gasteiger partial charge on any atom is 0.573 e. The molecule has 1 aliphatic rings. The van der Waals surface area contributed by atoms with E-state index in [1.165, 1.54) is 4.90 Å². The van der Waals surface area contributed by atoms with Gasteiger partial charge in [-0.05, 0) is 68.1 Å². The second kappa shape index (κ2) is 13.3. The van der Waals surface area contributed by atoms with Crippen LogP contribution in [0.3, 0.4) is 0 Å². The van der Waals surface area contributed by atoms with E-state index in [-0.39, 0.29) is 37.5 Å². The number of nitrogens with zero attached hydrogens (tertiary/aromatic N) is 2. The Morgan fingerprint density at radius 2 is 1.57 bits per heavy atom. The molecule has 2 aromatic rings. The van der Waals surface area contributed by atoms with Crippen LogP contribution in [-0.2, 0) is 26.0 Å². The summed E-state index contributed by atoms with van der Waals surface area (Å²) in [7, 11) is -4.05. The van der Waals surface area contributed by atoms with Crippen LogP contribution in [0, 0.1) is 5.92 Å². The van der Waals surface area contributed by atoms with Gasteiger partial charge in [-0.3, -0.25) is 9.59 Å². The van der Waals surface area contributed by atoms with Gasteiger partial charge in [0.05, 0.1) is 17.4 Å². The van der Waals surface area contributed by atoms with Crippen LogP contribution in [0.4, 0.5) is 13.2 Å². The van der Waals surface area contributed by atoms with Crippen LogP contribution < -0.4 is 15.2 Å². The number of amides is 2. The van der Waals surface area contributed by atoms with Gasteiger partial charge in [0.1, 0.15) is 17.6 Å². The molecule has 1 fully saturated rings. The summed E-state index contributed by atoms with van der Waals surface area (Å²) in [6.45, 7) is 2.25. The van der Waals surface area contributed by atoms with Gasteiger partial charge < -0.3 is 25.2 Å². The molecule has 0 aromatic heterocycles. The van der Waals surface area contributed by atoms with Gasteiger partial charge in [-0.2, -0.15) is 4.31 Å². The van der Waals surface area contributed by atoms with Crippen LogP contribution in [0.2, 0.25) is 0 Å². The fraction of sp³-hybridized carbons (Fsp3) is 0.462. The number of benzene rings is 2. The summed E-state index contributed by atoms with van der Waals surface area (Å²) < 4.78 is 73.4. The van der Waals surface area contributed by atoms with Crippen molar-refractivity contribution >= 4 is 21.8 Å². The lowest BCUT2D eigenvalue weighted by molar-refractivity contribution is -0.274. The van der Waals surface area contributed by atoms with Crippen molar-refractivity contribution in [2.45, 2.75) is 43.5 Å². The Balaban J connectivity index is 1.60. The molecule has 0 spiro atoms. The number of halogens is 3. The lowest BCUT2D eigenvalue weighted by Crippen LogP contribution is -2.54. The molecule has 10 nitrogen and oxygen atoms in total. The predicted octanol–water partition coefficient (Wildman–Crippen LogP) is 2.30. The van der Waals surface area contributed by atoms with Gasteiger partial charge in [0.25, 0.3) is 0 Å². The molecule has 0 unspecified atom stereocenters. The number of carbonyl (C=O) groups excluding carboxylic acids is 2. The molecule has 2 atom stereocenters. The Hall–Kier alpha value is -3.36. The Morgan fingerprint density at radius 3 is 2.10 bits per heavy atom. The Kier molecular flexibility index (Phi) is 10.4. The second-order valence-electron chi connectivity index (χ2n) is 9.17. The zero-order valence-electron chi connectivity index (χ0n) is 21.8. The van der Waals surface area contributed by atoms with Crippen molar-refractivity contribution in [1.82, 2.24) is 9.21 Å². The van der Waals surface area contributed by atoms with Crippen molar-refractivity contribution in [2.24, 2.45) is 11.7 Å². The fourth-order valence-electron chi connectivity index (χ4n) is 4.41. The van der Waals surface area contributed by atoms with E-state index < -0.39 is 46.0 Å². The van der Waals surface area contributed by atoms with Gasteiger partial charge >= 0.3 is 6.36 Å². The average molecular weight is 588 g/mol. The second-order valence-corrected chi connectivity index (χ2v) is 11.1. The van der Waals surface area contributed by atoms with Crippen molar-refractivity contribution in [1.29, 1.82) is 0 Å². The van der Waals surface area contributed by atoms with E-state index in [2.05, 4.69) is 4.74 Å². The maximum atomic E-state index is 13.2. The quantitative estimate of drug-likeness (QED) is 0.389. The number of ether oxygens (including phenoxy) is 2. The van der Waals surface area contributed by atoms with E-state index in [1.54, 1.807) is 0 Å². The highest BCUT2D eigenvalue weighted by Gasteiger charge is 2.37. The van der Waals surface area contributed by atoms with Gasteiger partial charge in [-0.15, -0.1) is 13.2 Å². The normalized spacial score (nSPS) is 16.3. The maximum absolute atomic E-state index is 13.2. The van der Waals surface area contributed by atoms with Crippen LogP contribution in [0.1, 0.15) is 25.3 Å². The molecule has 0 saturated carbocycles. The molecule has 0 aliphatic carbocycles. The number of aliphatic hydroxyl groups excluding tert-OH is 1. The minimum atomic E-state index is -4.90. The highest BCUT2D eigenvalue weighted by atomic mass is 32.2. The van der Waals surface area contributed by atoms with E-state index in [0.717, 1.165) is 39.9 Å². The standard InChI is InChI=1S/C26H32F3N3O7S/c1-2-38-19-8-6-18(7-9-19)4-3-5-22(23(33)24(30)34)25(35)31-14-16-32(17-15-31)40(36,37)21-12-10-20(11-13-21)39-26(27,28)29/h6-13,22-23,33H,2-5,14-17H2,1H3,(H2,30,34)/t22-,23+/m1/s1. The van der Waals surface area contributed by atoms with Gasteiger partial charge in [0.2, 0.25) is 21.8 Å². The number of carbonyl (C=O) groups is 2. The summed E-state index contributed by atoms with van der Waals surface area (Å²) in [5, 5.41) is 10.4. The van der Waals surface area contributed by atoms with E-state index >= 15 is 0 Å². The highest BCUT2D eigenvalue weighted by molar-refractivity contribution is 7.89. The third-order valence-electron chi connectivity index (χ3n) is 6.45. The van der Waals surface area contributed by atoms with Crippen LogP contribution in [0.5, 0.6) is 11.5 Å². The molecule has 0 radical (unpaired) electrons. The molecule has 1 heterocycles. The summed E-state index contributed by atoms with van der Waals surface area (Å²) in [5.41, 5.74) is 6.27. The molecular formula is C26H32F3N3O7S. The summed E-state index contributed by atoms with van der Waals surface area (Å²) in [5.74, 6) is -2.45. The number of hydrogen-bond acceptors (Lipinski definition) is 7. The van der Waals surface area contributed by atoms with Crippen molar-refractivity contribution in [3.8, 4) is 11.5 Å². The molecule has 1 saturated heterocycles.